The van der Waals surface area contributed by atoms with Gasteiger partial charge in [-0.3, -0.25) is 0 Å². The van der Waals surface area contributed by atoms with Crippen molar-refractivity contribution in [3.05, 3.63) is 23.7 Å². The topological polar surface area (TPSA) is 64.0 Å². The molecule has 0 unspecified atom stereocenters. The van der Waals surface area contributed by atoms with E-state index in [0.29, 0.717) is 49.6 Å². The number of nitriles is 1. The van der Waals surface area contributed by atoms with Crippen LogP contribution in [0.5, 0.6) is 17.2 Å². The molecule has 0 saturated carbocycles. The molecule has 1 aromatic rings. The molecule has 2 rings (SSSR count). The molecule has 1 heterocycles. The Hall–Kier alpha value is -1.10. The average molecular weight is 314 g/mol. The summed E-state index contributed by atoms with van der Waals surface area (Å²) in [7, 11) is 4.67. The number of nitrogens with zero attached hydrogens (tertiary/aromatic N) is 2. The number of methoxy groups -OCH3 is 3. The molecule has 0 amide bonds. The normalized spacial score (nSPS) is 14.5. The van der Waals surface area contributed by atoms with Gasteiger partial charge in [0.25, 0.3) is 0 Å². The molecule has 0 radical (unpaired) electrons. The van der Waals surface area contributed by atoms with Crippen molar-refractivity contribution in [1.29, 1.82) is 5.26 Å². The standard InChI is InChI=1S/C15H19N2O4.Na/c1-18-13-8-11(9-14(19-2)15(13)20-3)12(10-16)17-4-6-21-7-5-17;/h8-9H,4-7H2,1-3H3;/q-1;+1. The van der Waals surface area contributed by atoms with E-state index in [0.717, 1.165) is 5.56 Å². The summed E-state index contributed by atoms with van der Waals surface area (Å²) in [4.78, 5) is 2.00. The molecular weight excluding hydrogens is 295 g/mol. The number of hydrogen-bond donors (Lipinski definition) is 0. The van der Waals surface area contributed by atoms with Gasteiger partial charge in [-0.05, 0) is 6.04 Å². The van der Waals surface area contributed by atoms with Gasteiger partial charge >= 0.3 is 29.6 Å². The second-order valence-electron chi connectivity index (χ2n) is 4.47. The first-order chi connectivity index (χ1) is 10.2. The predicted octanol–water partition coefficient (Wildman–Crippen LogP) is -1.55. The largest absolute Gasteiger partial charge is 1.00 e. The van der Waals surface area contributed by atoms with Gasteiger partial charge in [-0.1, -0.05) is 0 Å². The van der Waals surface area contributed by atoms with Gasteiger partial charge in [0.1, 0.15) is 11.5 Å². The molecule has 0 aromatic heterocycles. The maximum absolute atomic E-state index is 9.50. The Kier molecular flexibility index (Phi) is 7.87. The van der Waals surface area contributed by atoms with Crippen molar-refractivity contribution in [2.75, 3.05) is 47.6 Å². The summed E-state index contributed by atoms with van der Waals surface area (Å²) in [5.74, 6) is 1.59. The van der Waals surface area contributed by atoms with E-state index in [1.165, 1.54) is 0 Å². The SMILES string of the molecule is COc1cc([C-](C#N)N2CCOCC2)cc(OC)c1OC.[Na+]. The van der Waals surface area contributed by atoms with Crippen LogP contribution in [0.15, 0.2) is 12.1 Å². The smallest absolute Gasteiger partial charge is 0.506 e. The number of benzene rings is 1. The predicted molar refractivity (Wildman–Crippen MR) is 76.4 cm³/mol. The van der Waals surface area contributed by atoms with Crippen molar-refractivity contribution >= 4 is 0 Å². The van der Waals surface area contributed by atoms with E-state index in [9.17, 15) is 5.26 Å². The van der Waals surface area contributed by atoms with E-state index < -0.39 is 0 Å². The Morgan fingerprint density at radius 1 is 1.09 bits per heavy atom. The molecule has 0 aliphatic carbocycles. The Balaban J connectivity index is 0.00000242. The van der Waals surface area contributed by atoms with Crippen LogP contribution >= 0.6 is 0 Å². The molecule has 114 valence electrons. The van der Waals surface area contributed by atoms with Crippen molar-refractivity contribution in [3.63, 3.8) is 0 Å². The summed E-state index contributed by atoms with van der Waals surface area (Å²) in [6, 6.07) is 6.42. The molecule has 0 spiro atoms. The first kappa shape index (κ1) is 18.9. The summed E-state index contributed by atoms with van der Waals surface area (Å²) >= 11 is 0. The third kappa shape index (κ3) is 4.00. The second-order valence-corrected chi connectivity index (χ2v) is 4.47. The van der Waals surface area contributed by atoms with E-state index in [1.54, 1.807) is 33.5 Å². The minimum absolute atomic E-state index is 0. The fourth-order valence-corrected chi connectivity index (χ4v) is 2.32. The summed E-state index contributed by atoms with van der Waals surface area (Å²) in [5, 5.41) is 9.50. The molecule has 0 N–H and O–H groups in total. The summed E-state index contributed by atoms with van der Waals surface area (Å²) < 4.78 is 21.3. The van der Waals surface area contributed by atoms with Crippen LogP contribution in [0.2, 0.25) is 0 Å². The van der Waals surface area contributed by atoms with Crippen LogP contribution in [0.1, 0.15) is 5.56 Å². The number of rotatable bonds is 5. The fourth-order valence-electron chi connectivity index (χ4n) is 2.32. The van der Waals surface area contributed by atoms with Crippen LogP contribution in [-0.4, -0.2) is 52.5 Å². The zero-order valence-corrected chi connectivity index (χ0v) is 15.5. The van der Waals surface area contributed by atoms with Crippen molar-refractivity contribution in [2.24, 2.45) is 0 Å². The van der Waals surface area contributed by atoms with Gasteiger partial charge in [-0.2, -0.15) is 5.56 Å². The molecule has 7 heteroatoms. The first-order valence-electron chi connectivity index (χ1n) is 6.65. The Morgan fingerprint density at radius 3 is 2.05 bits per heavy atom. The number of ether oxygens (including phenoxy) is 4. The van der Waals surface area contributed by atoms with E-state index in [4.69, 9.17) is 18.9 Å². The molecule has 22 heavy (non-hydrogen) atoms. The van der Waals surface area contributed by atoms with E-state index in [-0.39, 0.29) is 29.6 Å². The van der Waals surface area contributed by atoms with Gasteiger partial charge in [-0.15, -0.1) is 12.1 Å². The van der Waals surface area contributed by atoms with Gasteiger partial charge in [0.15, 0.2) is 5.75 Å². The molecular formula is C15H19N2NaO4. The van der Waals surface area contributed by atoms with Crippen LogP contribution in [0, 0.1) is 17.4 Å². The Labute approximate surface area is 153 Å². The average Bonchev–Trinajstić information content (AvgIpc) is 2.55. The molecule has 1 aliphatic heterocycles. The minimum Gasteiger partial charge on any atom is -0.506 e. The molecule has 0 atom stereocenters. The Bertz CT molecular complexity index is 502. The molecule has 0 bridgehead atoms. The van der Waals surface area contributed by atoms with Crippen molar-refractivity contribution in [2.45, 2.75) is 0 Å². The zero-order valence-electron chi connectivity index (χ0n) is 13.5. The molecule has 6 nitrogen and oxygen atoms in total. The second kappa shape index (κ2) is 9.13. The molecule has 1 saturated heterocycles. The van der Waals surface area contributed by atoms with Crippen LogP contribution in [-0.2, 0) is 4.74 Å². The summed E-state index contributed by atoms with van der Waals surface area (Å²) in [6.45, 7) is 2.63. The summed E-state index contributed by atoms with van der Waals surface area (Å²) in [6.07, 6.45) is 0. The van der Waals surface area contributed by atoms with E-state index in [2.05, 4.69) is 6.07 Å². The van der Waals surface area contributed by atoms with Crippen LogP contribution in [0.25, 0.3) is 0 Å². The van der Waals surface area contributed by atoms with E-state index in [1.807, 2.05) is 4.90 Å². The minimum atomic E-state index is 0. The maximum atomic E-state index is 9.50. The first-order valence-corrected chi connectivity index (χ1v) is 6.65. The van der Waals surface area contributed by atoms with Gasteiger partial charge in [0, 0.05) is 19.2 Å². The van der Waals surface area contributed by atoms with Crippen molar-refractivity contribution in [3.8, 4) is 23.3 Å². The maximum Gasteiger partial charge on any atom is 1.00 e. The number of hydrogen-bond acceptors (Lipinski definition) is 6. The van der Waals surface area contributed by atoms with Gasteiger partial charge in [0.05, 0.1) is 34.5 Å². The van der Waals surface area contributed by atoms with Gasteiger partial charge in [0.2, 0.25) is 0 Å². The third-order valence-corrected chi connectivity index (χ3v) is 3.37. The summed E-state index contributed by atoms with van der Waals surface area (Å²) in [5.41, 5.74) is 0.744. The van der Waals surface area contributed by atoms with Crippen LogP contribution in [0.3, 0.4) is 0 Å². The van der Waals surface area contributed by atoms with Crippen molar-refractivity contribution < 1.29 is 48.5 Å². The Morgan fingerprint density at radius 2 is 1.64 bits per heavy atom. The third-order valence-electron chi connectivity index (χ3n) is 3.37. The number of morpholine rings is 1. The van der Waals surface area contributed by atoms with Crippen LogP contribution < -0.4 is 43.8 Å². The quantitative estimate of drug-likeness (QED) is 0.484. The zero-order chi connectivity index (χ0) is 15.2. The van der Waals surface area contributed by atoms with Crippen molar-refractivity contribution in [1.82, 2.24) is 4.90 Å². The monoisotopic (exact) mass is 314 g/mol. The molecule has 1 aliphatic rings. The van der Waals surface area contributed by atoms with Gasteiger partial charge in [-0.25, -0.2) is 5.26 Å². The van der Waals surface area contributed by atoms with E-state index >= 15 is 0 Å². The van der Waals surface area contributed by atoms with Gasteiger partial charge < -0.3 is 23.8 Å². The van der Waals surface area contributed by atoms with Crippen LogP contribution in [0.4, 0.5) is 0 Å². The molecule has 1 fully saturated rings. The molecule has 1 aromatic carbocycles. The fraction of sp³-hybridized carbons (Fsp3) is 0.467.